The lowest BCUT2D eigenvalue weighted by Gasteiger charge is -2.18. The van der Waals surface area contributed by atoms with Gasteiger partial charge < -0.3 is 14.2 Å². The molecule has 0 saturated heterocycles. The minimum Gasteiger partial charge on any atom is -0.486 e. The Balaban J connectivity index is 1.21. The maximum Gasteiger partial charge on any atom is 0.276 e. The molecule has 0 saturated carbocycles. The second kappa shape index (κ2) is 10.2. The average molecular weight is 443 g/mol. The van der Waals surface area contributed by atoms with Gasteiger partial charge in [0.15, 0.2) is 18.1 Å². The molecule has 0 atom stereocenters. The van der Waals surface area contributed by atoms with E-state index in [4.69, 9.17) is 19.5 Å². The monoisotopic (exact) mass is 443 g/mol. The third-order valence-corrected chi connectivity index (χ3v) is 4.88. The Morgan fingerprint density at radius 1 is 0.848 bits per heavy atom. The van der Waals surface area contributed by atoms with Gasteiger partial charge in [-0.3, -0.25) is 20.4 Å². The van der Waals surface area contributed by atoms with Crippen molar-refractivity contribution in [1.82, 2.24) is 10.9 Å². The summed E-state index contributed by atoms with van der Waals surface area (Å²) in [4.78, 5) is 24.1. The smallest absolute Gasteiger partial charge is 0.276 e. The number of hydrazine groups is 1. The van der Waals surface area contributed by atoms with Crippen LogP contribution in [0, 0.1) is 11.3 Å². The quantitative estimate of drug-likeness (QED) is 0.567. The zero-order valence-electron chi connectivity index (χ0n) is 17.7. The van der Waals surface area contributed by atoms with E-state index in [9.17, 15) is 9.59 Å². The van der Waals surface area contributed by atoms with Gasteiger partial charge in [0.1, 0.15) is 19.0 Å². The van der Waals surface area contributed by atoms with Gasteiger partial charge in [-0.15, -0.1) is 0 Å². The van der Waals surface area contributed by atoms with Crippen LogP contribution in [0.15, 0.2) is 66.7 Å². The lowest BCUT2D eigenvalue weighted by molar-refractivity contribution is -0.129. The lowest BCUT2D eigenvalue weighted by atomic mass is 10.0. The van der Waals surface area contributed by atoms with Crippen LogP contribution in [0.1, 0.15) is 11.1 Å². The highest BCUT2D eigenvalue weighted by Crippen LogP contribution is 2.30. The minimum absolute atomic E-state index is 0.0780. The number of hydrogen-bond donors (Lipinski definition) is 2. The fourth-order valence-corrected chi connectivity index (χ4v) is 3.23. The van der Waals surface area contributed by atoms with Crippen LogP contribution in [0.3, 0.4) is 0 Å². The molecule has 0 fully saturated rings. The molecule has 0 bridgehead atoms. The Morgan fingerprint density at radius 2 is 1.48 bits per heavy atom. The lowest BCUT2D eigenvalue weighted by Crippen LogP contribution is -2.44. The third kappa shape index (κ3) is 5.80. The van der Waals surface area contributed by atoms with Crippen LogP contribution in [0.5, 0.6) is 17.2 Å². The predicted octanol–water partition coefficient (Wildman–Crippen LogP) is 2.77. The molecule has 4 rings (SSSR count). The van der Waals surface area contributed by atoms with E-state index >= 15 is 0 Å². The first kappa shape index (κ1) is 21.7. The second-order valence-corrected chi connectivity index (χ2v) is 7.25. The van der Waals surface area contributed by atoms with Crippen molar-refractivity contribution >= 4 is 11.8 Å². The number of carbonyl (C=O) groups excluding carboxylic acids is 2. The van der Waals surface area contributed by atoms with Crippen LogP contribution in [0.2, 0.25) is 0 Å². The molecule has 166 valence electrons. The summed E-state index contributed by atoms with van der Waals surface area (Å²) in [6.07, 6.45) is 0.0780. The number of ether oxygens (including phenoxy) is 3. The molecule has 0 unspecified atom stereocenters. The summed E-state index contributed by atoms with van der Waals surface area (Å²) in [7, 11) is 0. The highest BCUT2D eigenvalue weighted by molar-refractivity contribution is 5.84. The number of nitriles is 1. The predicted molar refractivity (Wildman–Crippen MR) is 120 cm³/mol. The van der Waals surface area contributed by atoms with Crippen LogP contribution in [-0.4, -0.2) is 31.6 Å². The van der Waals surface area contributed by atoms with Gasteiger partial charge in [0, 0.05) is 0 Å². The summed E-state index contributed by atoms with van der Waals surface area (Å²) in [5.41, 5.74) is 7.98. The first-order valence-corrected chi connectivity index (χ1v) is 10.3. The molecule has 0 spiro atoms. The Kier molecular flexibility index (Phi) is 6.71. The van der Waals surface area contributed by atoms with E-state index in [0.29, 0.717) is 36.0 Å². The molecule has 2 amide bonds. The molecular formula is C25H21N3O5. The Bertz CT molecular complexity index is 1180. The van der Waals surface area contributed by atoms with Crippen molar-refractivity contribution in [2.24, 2.45) is 0 Å². The molecule has 3 aromatic carbocycles. The molecule has 1 aliphatic heterocycles. The van der Waals surface area contributed by atoms with Crippen LogP contribution < -0.4 is 25.1 Å². The van der Waals surface area contributed by atoms with Gasteiger partial charge in [-0.2, -0.15) is 5.26 Å². The fraction of sp³-hybridized carbons (Fsp3) is 0.160. The van der Waals surface area contributed by atoms with Gasteiger partial charge in [-0.05, 0) is 53.1 Å². The topological polar surface area (TPSA) is 110 Å². The van der Waals surface area contributed by atoms with Gasteiger partial charge in [-0.1, -0.05) is 30.3 Å². The number of rotatable bonds is 6. The molecule has 2 N–H and O–H groups in total. The molecule has 0 aromatic heterocycles. The summed E-state index contributed by atoms with van der Waals surface area (Å²) >= 11 is 0. The van der Waals surface area contributed by atoms with Gasteiger partial charge in [0.25, 0.3) is 5.91 Å². The van der Waals surface area contributed by atoms with Crippen molar-refractivity contribution in [2.75, 3.05) is 19.8 Å². The van der Waals surface area contributed by atoms with E-state index in [0.717, 1.165) is 16.7 Å². The molecule has 0 radical (unpaired) electrons. The molecule has 0 aliphatic carbocycles. The summed E-state index contributed by atoms with van der Waals surface area (Å²) < 4.78 is 16.4. The highest BCUT2D eigenvalue weighted by Gasteiger charge is 2.13. The molecule has 8 nitrogen and oxygen atoms in total. The number of nitrogens with one attached hydrogen (secondary N) is 2. The minimum atomic E-state index is -0.485. The van der Waals surface area contributed by atoms with E-state index in [1.54, 1.807) is 42.5 Å². The number of fused-ring (bicyclic) bond motifs is 1. The zero-order valence-corrected chi connectivity index (χ0v) is 17.7. The van der Waals surface area contributed by atoms with Gasteiger partial charge >= 0.3 is 0 Å². The van der Waals surface area contributed by atoms with Gasteiger partial charge in [0.05, 0.1) is 18.1 Å². The van der Waals surface area contributed by atoms with Gasteiger partial charge in [-0.25, -0.2) is 0 Å². The van der Waals surface area contributed by atoms with Crippen molar-refractivity contribution in [2.45, 2.75) is 6.42 Å². The summed E-state index contributed by atoms with van der Waals surface area (Å²) in [6.45, 7) is 0.722. The van der Waals surface area contributed by atoms with Crippen molar-refractivity contribution in [3.8, 4) is 34.4 Å². The van der Waals surface area contributed by atoms with Crippen LogP contribution in [-0.2, 0) is 16.0 Å². The van der Waals surface area contributed by atoms with Gasteiger partial charge in [0.2, 0.25) is 5.91 Å². The van der Waals surface area contributed by atoms with Crippen molar-refractivity contribution in [1.29, 1.82) is 5.26 Å². The van der Waals surface area contributed by atoms with E-state index in [1.165, 1.54) is 0 Å². The van der Waals surface area contributed by atoms with Crippen molar-refractivity contribution in [3.05, 3.63) is 77.9 Å². The Morgan fingerprint density at radius 3 is 2.18 bits per heavy atom. The van der Waals surface area contributed by atoms with Crippen LogP contribution in [0.25, 0.3) is 11.1 Å². The average Bonchev–Trinajstić information content (AvgIpc) is 2.86. The molecular weight excluding hydrogens is 422 g/mol. The normalized spacial score (nSPS) is 11.7. The highest BCUT2D eigenvalue weighted by atomic mass is 16.6. The molecule has 1 aliphatic rings. The Labute approximate surface area is 190 Å². The molecule has 8 heteroatoms. The SMILES string of the molecule is N#Cc1ccc(-c2ccc(OCC(=O)NNC(=O)Cc3ccc4c(c3)OCCO4)cc2)cc1. The van der Waals surface area contributed by atoms with E-state index < -0.39 is 5.91 Å². The first-order valence-electron chi connectivity index (χ1n) is 10.3. The molecule has 33 heavy (non-hydrogen) atoms. The second-order valence-electron chi connectivity index (χ2n) is 7.25. The number of benzene rings is 3. The van der Waals surface area contributed by atoms with Crippen LogP contribution >= 0.6 is 0 Å². The zero-order chi connectivity index (χ0) is 23.0. The number of amides is 2. The number of nitrogens with zero attached hydrogens (tertiary/aromatic N) is 1. The van der Waals surface area contributed by atoms with Crippen molar-refractivity contribution in [3.63, 3.8) is 0 Å². The molecule has 3 aromatic rings. The molecule has 1 heterocycles. The maximum absolute atomic E-state index is 12.1. The summed E-state index contributed by atoms with van der Waals surface area (Å²) in [6, 6.07) is 21.9. The van der Waals surface area contributed by atoms with E-state index in [1.807, 2.05) is 24.3 Å². The van der Waals surface area contributed by atoms with E-state index in [2.05, 4.69) is 16.9 Å². The van der Waals surface area contributed by atoms with Crippen molar-refractivity contribution < 1.29 is 23.8 Å². The Hall–Kier alpha value is -4.51. The third-order valence-electron chi connectivity index (χ3n) is 4.88. The maximum atomic E-state index is 12.1. The van der Waals surface area contributed by atoms with Crippen LogP contribution in [0.4, 0.5) is 0 Å². The summed E-state index contributed by atoms with van der Waals surface area (Å²) in [5.74, 6) is 0.925. The fourth-order valence-electron chi connectivity index (χ4n) is 3.23. The first-order chi connectivity index (χ1) is 16.1. The number of carbonyl (C=O) groups is 2. The summed E-state index contributed by atoms with van der Waals surface area (Å²) in [5, 5.41) is 8.88. The van der Waals surface area contributed by atoms with E-state index in [-0.39, 0.29) is 18.9 Å². The number of hydrogen-bond acceptors (Lipinski definition) is 6. The standard InChI is InChI=1S/C25H21N3O5/c26-15-17-1-4-19(5-2-17)20-6-8-21(9-7-20)33-16-25(30)28-27-24(29)14-18-3-10-22-23(13-18)32-12-11-31-22/h1-10,13H,11-12,14,16H2,(H,27,29)(H,28,30). The largest absolute Gasteiger partial charge is 0.486 e.